The summed E-state index contributed by atoms with van der Waals surface area (Å²) in [5, 5.41) is 3.45. The summed E-state index contributed by atoms with van der Waals surface area (Å²) in [7, 11) is 1.91. The molecule has 1 aliphatic heterocycles. The van der Waals surface area contributed by atoms with Gasteiger partial charge in [-0.05, 0) is 30.9 Å². The summed E-state index contributed by atoms with van der Waals surface area (Å²) < 4.78 is 0. The van der Waals surface area contributed by atoms with Gasteiger partial charge in [0, 0.05) is 25.3 Å². The van der Waals surface area contributed by atoms with Crippen molar-refractivity contribution in [3.63, 3.8) is 0 Å². The highest BCUT2D eigenvalue weighted by molar-refractivity contribution is 5.81. The van der Waals surface area contributed by atoms with Gasteiger partial charge < -0.3 is 10.2 Å². The van der Waals surface area contributed by atoms with Crippen LogP contribution in [-0.4, -0.2) is 30.4 Å². The molecule has 104 valence electrons. The molecule has 19 heavy (non-hydrogen) atoms. The number of anilines is 1. The summed E-state index contributed by atoms with van der Waals surface area (Å²) in [6, 6.07) is 8.46. The van der Waals surface area contributed by atoms with E-state index in [0.717, 1.165) is 13.0 Å². The number of hydrogen-bond acceptors (Lipinski definition) is 2. The maximum Gasteiger partial charge on any atom is 0.227 e. The number of amides is 1. The van der Waals surface area contributed by atoms with E-state index in [0.29, 0.717) is 5.92 Å². The number of benzene rings is 1. The zero-order valence-corrected chi connectivity index (χ0v) is 12.3. The zero-order valence-electron chi connectivity index (χ0n) is 12.3. The third-order valence-corrected chi connectivity index (χ3v) is 3.78. The lowest BCUT2D eigenvalue weighted by atomic mass is 9.87. The maximum atomic E-state index is 12.5. The van der Waals surface area contributed by atoms with E-state index in [1.54, 1.807) is 0 Å². The van der Waals surface area contributed by atoms with E-state index in [1.807, 2.05) is 24.1 Å². The third kappa shape index (κ3) is 3.09. The largest absolute Gasteiger partial charge is 0.382 e. The van der Waals surface area contributed by atoms with Gasteiger partial charge in [0.1, 0.15) is 0 Å². The van der Waals surface area contributed by atoms with E-state index in [4.69, 9.17) is 0 Å². The van der Waals surface area contributed by atoms with Crippen LogP contribution in [0.5, 0.6) is 0 Å². The number of nitrogens with one attached hydrogen (secondary N) is 1. The van der Waals surface area contributed by atoms with Gasteiger partial charge in [-0.25, -0.2) is 0 Å². The van der Waals surface area contributed by atoms with Crippen LogP contribution in [0.15, 0.2) is 24.3 Å². The molecule has 3 nitrogen and oxygen atoms in total. The van der Waals surface area contributed by atoms with Crippen molar-refractivity contribution in [1.29, 1.82) is 0 Å². The predicted molar refractivity (Wildman–Crippen MR) is 79.2 cm³/mol. The van der Waals surface area contributed by atoms with Crippen molar-refractivity contribution < 1.29 is 4.79 Å². The van der Waals surface area contributed by atoms with Crippen LogP contribution < -0.4 is 5.32 Å². The Hall–Kier alpha value is -1.51. The quantitative estimate of drug-likeness (QED) is 0.906. The Labute approximate surface area is 116 Å². The van der Waals surface area contributed by atoms with Crippen molar-refractivity contribution >= 4 is 11.6 Å². The molecule has 1 aromatic rings. The first-order valence-electron chi connectivity index (χ1n) is 7.08. The summed E-state index contributed by atoms with van der Waals surface area (Å²) in [5.41, 5.74) is 2.42. The Kier molecular flexibility index (Phi) is 4.13. The number of hydrogen-bond donors (Lipinski definition) is 1. The minimum absolute atomic E-state index is 0.0404. The Morgan fingerprint density at radius 2 is 2.11 bits per heavy atom. The number of rotatable bonds is 3. The average Bonchev–Trinajstić information content (AvgIpc) is 2.36. The Morgan fingerprint density at radius 3 is 2.79 bits per heavy atom. The van der Waals surface area contributed by atoms with Gasteiger partial charge in [0.25, 0.3) is 0 Å². The molecule has 0 aromatic heterocycles. The molecule has 2 unspecified atom stereocenters. The molecule has 1 amide bonds. The predicted octanol–water partition coefficient (Wildman–Crippen LogP) is 2.77. The van der Waals surface area contributed by atoms with Crippen LogP contribution in [0, 0.1) is 11.8 Å². The van der Waals surface area contributed by atoms with Gasteiger partial charge in [-0.3, -0.25) is 4.79 Å². The second-order valence-electron chi connectivity index (χ2n) is 6.01. The highest BCUT2D eigenvalue weighted by Gasteiger charge is 2.32. The van der Waals surface area contributed by atoms with Crippen molar-refractivity contribution in [2.24, 2.45) is 11.8 Å². The van der Waals surface area contributed by atoms with Crippen molar-refractivity contribution in [2.45, 2.75) is 33.2 Å². The van der Waals surface area contributed by atoms with Crippen molar-refractivity contribution in [3.8, 4) is 0 Å². The Balaban J connectivity index is 2.11. The van der Waals surface area contributed by atoms with Gasteiger partial charge in [-0.15, -0.1) is 0 Å². The normalized spacial score (nSPS) is 21.7. The molecule has 2 rings (SSSR count). The fourth-order valence-electron chi connectivity index (χ4n) is 2.82. The summed E-state index contributed by atoms with van der Waals surface area (Å²) in [4.78, 5) is 14.4. The van der Waals surface area contributed by atoms with E-state index >= 15 is 0 Å². The van der Waals surface area contributed by atoms with E-state index in [9.17, 15) is 4.79 Å². The number of carbonyl (C=O) groups excluding carboxylic acids is 1. The summed E-state index contributed by atoms with van der Waals surface area (Å²) in [6.07, 6.45) is 0.839. The lowest BCUT2D eigenvalue weighted by Crippen LogP contribution is -2.45. The highest BCUT2D eigenvalue weighted by Crippen LogP contribution is 2.29. The molecule has 1 aromatic carbocycles. The van der Waals surface area contributed by atoms with E-state index in [2.05, 4.69) is 38.2 Å². The topological polar surface area (TPSA) is 32.3 Å². The molecule has 3 heteroatoms. The smallest absolute Gasteiger partial charge is 0.227 e. The summed E-state index contributed by atoms with van der Waals surface area (Å²) >= 11 is 0. The fraction of sp³-hybridized carbons (Fsp3) is 0.562. The molecule has 0 bridgehead atoms. The lowest BCUT2D eigenvalue weighted by molar-refractivity contribution is -0.135. The van der Waals surface area contributed by atoms with Crippen LogP contribution >= 0.6 is 0 Å². The van der Waals surface area contributed by atoms with Gasteiger partial charge >= 0.3 is 0 Å². The third-order valence-electron chi connectivity index (χ3n) is 3.78. The van der Waals surface area contributed by atoms with E-state index < -0.39 is 0 Å². The van der Waals surface area contributed by atoms with Crippen molar-refractivity contribution in [1.82, 2.24) is 4.90 Å². The minimum atomic E-state index is 0.0404. The monoisotopic (exact) mass is 260 g/mol. The molecule has 0 saturated heterocycles. The van der Waals surface area contributed by atoms with Gasteiger partial charge in [0.15, 0.2) is 0 Å². The van der Waals surface area contributed by atoms with E-state index in [1.165, 1.54) is 11.3 Å². The molecule has 1 aliphatic rings. The number of carbonyl (C=O) groups is 1. The van der Waals surface area contributed by atoms with Gasteiger partial charge in [0.05, 0.1) is 5.92 Å². The highest BCUT2D eigenvalue weighted by atomic mass is 16.2. The number of fused-ring (bicyclic) bond motifs is 1. The minimum Gasteiger partial charge on any atom is -0.382 e. The van der Waals surface area contributed by atoms with Crippen LogP contribution in [-0.2, 0) is 11.2 Å². The molecule has 0 radical (unpaired) electrons. The van der Waals surface area contributed by atoms with Gasteiger partial charge in [0.2, 0.25) is 5.91 Å². The number of para-hydroxylation sites is 1. The lowest BCUT2D eigenvalue weighted by Gasteiger charge is -2.34. The van der Waals surface area contributed by atoms with Crippen molar-refractivity contribution in [3.05, 3.63) is 29.8 Å². The molecule has 2 atom stereocenters. The first-order chi connectivity index (χ1) is 8.99. The molecular formula is C16H24N2O. The zero-order chi connectivity index (χ0) is 14.0. The SMILES string of the molecule is CC(C)CN(C)C(=O)C1Cc2ccccc2NC1C. The van der Waals surface area contributed by atoms with Crippen LogP contribution in [0.2, 0.25) is 0 Å². The average molecular weight is 260 g/mol. The van der Waals surface area contributed by atoms with Crippen LogP contribution in [0.25, 0.3) is 0 Å². The van der Waals surface area contributed by atoms with Crippen LogP contribution in [0.4, 0.5) is 5.69 Å². The van der Waals surface area contributed by atoms with Gasteiger partial charge in [-0.2, -0.15) is 0 Å². The van der Waals surface area contributed by atoms with E-state index in [-0.39, 0.29) is 17.9 Å². The summed E-state index contributed by atoms with van der Waals surface area (Å²) in [6.45, 7) is 7.20. The molecular weight excluding hydrogens is 236 g/mol. The Morgan fingerprint density at radius 1 is 1.42 bits per heavy atom. The first-order valence-corrected chi connectivity index (χ1v) is 7.08. The van der Waals surface area contributed by atoms with Crippen molar-refractivity contribution in [2.75, 3.05) is 18.9 Å². The van der Waals surface area contributed by atoms with Crippen LogP contribution in [0.3, 0.4) is 0 Å². The molecule has 0 fully saturated rings. The molecule has 0 aliphatic carbocycles. The second-order valence-corrected chi connectivity index (χ2v) is 6.01. The number of nitrogens with zero attached hydrogens (tertiary/aromatic N) is 1. The summed E-state index contributed by atoms with van der Waals surface area (Å²) in [5.74, 6) is 0.801. The molecule has 0 spiro atoms. The molecule has 1 heterocycles. The van der Waals surface area contributed by atoms with Crippen LogP contribution in [0.1, 0.15) is 26.3 Å². The molecule has 1 N–H and O–H groups in total. The first kappa shape index (κ1) is 13.9. The second kappa shape index (κ2) is 5.64. The fourth-order valence-corrected chi connectivity index (χ4v) is 2.82. The maximum absolute atomic E-state index is 12.5. The van der Waals surface area contributed by atoms with Gasteiger partial charge in [-0.1, -0.05) is 32.0 Å². The Bertz CT molecular complexity index is 456. The molecule has 0 saturated carbocycles. The standard InChI is InChI=1S/C16H24N2O/c1-11(2)10-18(4)16(19)14-9-13-7-5-6-8-15(13)17-12(14)3/h5-8,11-12,14,17H,9-10H2,1-4H3.